The predicted molar refractivity (Wildman–Crippen MR) is 307 cm³/mol. The second kappa shape index (κ2) is 26.7. The Morgan fingerprint density at radius 1 is 0.577 bits per heavy atom. The van der Waals surface area contributed by atoms with Crippen LogP contribution in [0.1, 0.15) is 134 Å². The number of nitrogens with one attached hydrogen (secondary N) is 2. The molecule has 0 atom stereocenters. The van der Waals surface area contributed by atoms with Gasteiger partial charge in [-0.15, -0.1) is 5.06 Å². The lowest BCUT2D eigenvalue weighted by atomic mass is 9.88. The molecule has 9 rings (SSSR count). The Morgan fingerprint density at radius 2 is 1.01 bits per heavy atom. The number of carboxylic acids is 1. The molecule has 1 fully saturated rings. The van der Waals surface area contributed by atoms with E-state index in [0.717, 1.165) is 118 Å². The van der Waals surface area contributed by atoms with E-state index in [-0.39, 0.29) is 30.7 Å². The van der Waals surface area contributed by atoms with E-state index in [2.05, 4.69) is 95.7 Å². The van der Waals surface area contributed by atoms with Gasteiger partial charge in [0.2, 0.25) is 10.7 Å². The van der Waals surface area contributed by atoms with E-state index in [1.807, 2.05) is 82.3 Å². The van der Waals surface area contributed by atoms with Crippen molar-refractivity contribution < 1.29 is 52.7 Å². The molecule has 4 aromatic rings. The fourth-order valence-electron chi connectivity index (χ4n) is 9.63. The topological polar surface area (TPSA) is 176 Å². The molecule has 0 unspecified atom stereocenters. The maximum Gasteiger partial charge on any atom is 0.336 e. The lowest BCUT2D eigenvalue weighted by Crippen LogP contribution is -2.76. The van der Waals surface area contributed by atoms with Crippen LogP contribution in [-0.4, -0.2) is 71.4 Å². The summed E-state index contributed by atoms with van der Waals surface area (Å²) in [5.41, 5.74) is 14.4. The number of imide groups is 1. The molecule has 0 saturated carbocycles. The number of aromatic carboxylic acids is 1. The molecule has 3 amide bonds. The van der Waals surface area contributed by atoms with Gasteiger partial charge < -0.3 is 23.7 Å². The first-order chi connectivity index (χ1) is 37.5. The molecule has 4 aromatic carbocycles. The summed E-state index contributed by atoms with van der Waals surface area (Å²) in [6.45, 7) is 26.6. The monoisotopic (exact) mass is 1060 g/mol. The quantitative estimate of drug-likeness (QED) is 0.0577. The molecule has 408 valence electrons. The standard InChI is InChI=1S/C36H39N3O6.C25H23NO3.2C2H6/c1-6-37-29-21-31-28(19-24(29)4)35(27-18-22(2)23(3)20-30(27)44-31)25-12-9-10-13-26(25)36(43)38(5)17-11-7-8-14-34(42)45-39-32(40)15-16-33(39)41;1-5-26-21-13-23-20(11-16(21)4)24(17-8-6-7-9-18(17)25(27)28)19-10-14(2)15(3)12-22(19)29-23;2*1-2/h9-10,12-13,18-21H,6-8,11,14-17H2,1-5H3;6-13H,5H2,1-4H3,(H,27,28);2*1-2H3/p+2. The summed E-state index contributed by atoms with van der Waals surface area (Å²) in [5, 5.41) is 14.3. The van der Waals surface area contributed by atoms with Crippen molar-refractivity contribution in [3.05, 3.63) is 152 Å². The van der Waals surface area contributed by atoms with Crippen LogP contribution < -0.4 is 20.7 Å². The van der Waals surface area contributed by atoms with E-state index in [4.69, 9.17) is 13.7 Å². The third-order valence-corrected chi connectivity index (χ3v) is 13.9. The number of unbranched alkanes of at least 4 members (excludes halogenated alkanes) is 2. The molecule has 0 spiro atoms. The molecule has 13 heteroatoms. The van der Waals surface area contributed by atoms with Crippen molar-refractivity contribution in [2.45, 2.75) is 122 Å². The molecule has 2 aliphatic carbocycles. The summed E-state index contributed by atoms with van der Waals surface area (Å²) in [5.74, 6) is -1.14. The van der Waals surface area contributed by atoms with E-state index < -0.39 is 23.8 Å². The number of rotatable bonds is 13. The normalized spacial score (nSPS) is 12.6. The number of hydrogen-bond acceptors (Lipinski definition) is 8. The molecular weight excluding hydrogens is 981 g/mol. The zero-order valence-corrected chi connectivity index (χ0v) is 47.7. The maximum absolute atomic E-state index is 13.9. The molecule has 13 nitrogen and oxygen atoms in total. The van der Waals surface area contributed by atoms with Gasteiger partial charge in [-0.3, -0.25) is 14.4 Å². The largest absolute Gasteiger partial charge is 0.478 e. The first-order valence-corrected chi connectivity index (χ1v) is 27.3. The van der Waals surface area contributed by atoms with E-state index >= 15 is 0 Å². The van der Waals surface area contributed by atoms with Crippen LogP contribution in [0.15, 0.2) is 106 Å². The number of benzene rings is 6. The first-order valence-electron chi connectivity index (χ1n) is 27.3. The number of carbonyl (C=O) groups is 5. The van der Waals surface area contributed by atoms with Crippen molar-refractivity contribution >= 4 is 51.6 Å². The van der Waals surface area contributed by atoms with Gasteiger partial charge >= 0.3 is 11.9 Å². The molecule has 3 N–H and O–H groups in total. The summed E-state index contributed by atoms with van der Waals surface area (Å²) in [7, 11) is 1.79. The van der Waals surface area contributed by atoms with Gasteiger partial charge in [-0.25, -0.2) is 19.6 Å². The zero-order valence-electron chi connectivity index (χ0n) is 47.7. The Morgan fingerprint density at radius 3 is 1.47 bits per heavy atom. The fraction of sp³-hybridized carbons (Fsp3) is 0.338. The van der Waals surface area contributed by atoms with E-state index in [0.29, 0.717) is 42.0 Å². The van der Waals surface area contributed by atoms with Crippen molar-refractivity contribution in [1.29, 1.82) is 0 Å². The number of nitrogens with zero attached hydrogens (tertiary/aromatic N) is 2. The van der Waals surface area contributed by atoms with Gasteiger partial charge in [-0.2, -0.15) is 0 Å². The van der Waals surface area contributed by atoms with Crippen LogP contribution in [-0.2, 0) is 19.2 Å². The number of amides is 3. The van der Waals surface area contributed by atoms with Crippen LogP contribution in [0.4, 0.5) is 0 Å². The molecule has 3 aliphatic heterocycles. The summed E-state index contributed by atoms with van der Waals surface area (Å²) >= 11 is 0. The number of carboxylic acid groups (broad SMARTS) is 1. The molecule has 0 radical (unpaired) electrons. The molecule has 78 heavy (non-hydrogen) atoms. The molecule has 1 saturated heterocycles. The molecule has 0 aromatic heterocycles. The minimum Gasteiger partial charge on any atom is -0.478 e. The van der Waals surface area contributed by atoms with Crippen LogP contribution >= 0.6 is 0 Å². The number of hydroxylamine groups is 2. The van der Waals surface area contributed by atoms with E-state index in [1.54, 1.807) is 24.1 Å². The molecule has 5 aliphatic rings. The van der Waals surface area contributed by atoms with Gasteiger partial charge in [-0.05, 0) is 150 Å². The molecular formula is C65H76N4O9+2. The Kier molecular flexibility index (Phi) is 20.2. The second-order valence-corrected chi connectivity index (χ2v) is 19.2. The lowest BCUT2D eigenvalue weighted by Gasteiger charge is -2.22. The summed E-state index contributed by atoms with van der Waals surface area (Å²) in [4.78, 5) is 74.7. The second-order valence-electron chi connectivity index (χ2n) is 19.2. The van der Waals surface area contributed by atoms with Crippen molar-refractivity contribution in [2.24, 2.45) is 0 Å². The highest BCUT2D eigenvalue weighted by Gasteiger charge is 2.33. The Hall–Kier alpha value is -8.19. The summed E-state index contributed by atoms with van der Waals surface area (Å²) in [6.07, 6.45) is 2.10. The summed E-state index contributed by atoms with van der Waals surface area (Å²) in [6, 6.07) is 31.5. The highest BCUT2D eigenvalue weighted by molar-refractivity contribution is 6.10. The average molecular weight is 1060 g/mol. The number of hydrogen-bond donors (Lipinski definition) is 3. The van der Waals surface area contributed by atoms with E-state index in [9.17, 15) is 29.1 Å². The Balaban J connectivity index is 0.000000257. The molecule has 3 heterocycles. The number of fused-ring (bicyclic) bond motifs is 4. The third kappa shape index (κ3) is 13.0. The van der Waals surface area contributed by atoms with Gasteiger partial charge in [0.05, 0.1) is 17.7 Å². The minimum absolute atomic E-state index is 0.0674. The van der Waals surface area contributed by atoms with Crippen molar-refractivity contribution in [1.82, 2.24) is 9.96 Å². The van der Waals surface area contributed by atoms with Gasteiger partial charge in [0, 0.05) is 82.6 Å². The number of aryl methyl sites for hydroxylation is 6. The van der Waals surface area contributed by atoms with Crippen LogP contribution in [0.5, 0.6) is 0 Å². The minimum atomic E-state index is -0.937. The van der Waals surface area contributed by atoms with E-state index in [1.165, 1.54) is 0 Å². The lowest BCUT2D eigenvalue weighted by molar-refractivity contribution is -0.496. The highest BCUT2D eigenvalue weighted by atomic mass is 16.7. The van der Waals surface area contributed by atoms with Crippen LogP contribution in [0, 0.1) is 41.5 Å². The predicted octanol–water partition coefficient (Wildman–Crippen LogP) is 10.3. The SMILES string of the molecule is CC.CC.CC[NH+]=c1cc2oc3cc(C)c(C)cc3c(-c3ccccc3C(=O)N(C)CCCCCC(=O)ON3C(=O)CCC3=O)c-2cc1C.CC[NH+]=c1cc2oc3cc(C)c(C)cc3c(-c3ccccc3C(=O)O)c-2cc1C. The van der Waals surface area contributed by atoms with Crippen LogP contribution in [0.2, 0.25) is 0 Å². The third-order valence-electron chi connectivity index (χ3n) is 13.9. The molecule has 0 bridgehead atoms. The smallest absolute Gasteiger partial charge is 0.336 e. The number of carbonyl (C=O) groups excluding carboxylic acids is 4. The fourth-order valence-corrected chi connectivity index (χ4v) is 9.63. The maximum atomic E-state index is 13.9. The average Bonchev–Trinajstić information content (AvgIpc) is 3.76. The Bertz CT molecular complexity index is 3590. The van der Waals surface area contributed by atoms with Crippen molar-refractivity contribution in [2.75, 3.05) is 26.7 Å². The Labute approximate surface area is 457 Å². The van der Waals surface area contributed by atoms with Crippen LogP contribution in [0.3, 0.4) is 0 Å². The van der Waals surface area contributed by atoms with Crippen molar-refractivity contribution in [3.8, 4) is 44.9 Å². The van der Waals surface area contributed by atoms with Crippen LogP contribution in [0.25, 0.3) is 66.8 Å². The van der Waals surface area contributed by atoms with Gasteiger partial charge in [0.1, 0.15) is 35.8 Å². The first kappa shape index (κ1) is 59.1. The van der Waals surface area contributed by atoms with Gasteiger partial charge in [-0.1, -0.05) is 70.5 Å². The van der Waals surface area contributed by atoms with Crippen molar-refractivity contribution in [3.63, 3.8) is 0 Å². The zero-order chi connectivity index (χ0) is 57.0. The van der Waals surface area contributed by atoms with Gasteiger partial charge in [0.15, 0.2) is 0 Å². The van der Waals surface area contributed by atoms with Gasteiger partial charge in [0.25, 0.3) is 17.7 Å². The summed E-state index contributed by atoms with van der Waals surface area (Å²) < 4.78 is 12.8. The highest BCUT2D eigenvalue weighted by Crippen LogP contribution is 2.44.